The van der Waals surface area contributed by atoms with Crippen LogP contribution in [0.3, 0.4) is 0 Å². The van der Waals surface area contributed by atoms with E-state index in [0.717, 1.165) is 13.1 Å². The summed E-state index contributed by atoms with van der Waals surface area (Å²) in [4.78, 5) is 2.32. The number of nitrogens with one attached hydrogen (secondary N) is 1. The molecule has 0 spiro atoms. The summed E-state index contributed by atoms with van der Waals surface area (Å²) in [7, 11) is 4.16. The second kappa shape index (κ2) is 3.91. The highest BCUT2D eigenvalue weighted by atomic mass is 79.9. The molecule has 1 aliphatic rings. The van der Waals surface area contributed by atoms with Crippen molar-refractivity contribution in [3.05, 3.63) is 28.2 Å². The average molecular weight is 255 g/mol. The maximum Gasteiger partial charge on any atom is 0.0411 e. The lowest BCUT2D eigenvalue weighted by molar-refractivity contribution is 0.653. The molecule has 14 heavy (non-hydrogen) atoms. The average Bonchev–Trinajstić information content (AvgIpc) is 2.46. The minimum Gasteiger partial charge on any atom is -0.374 e. The van der Waals surface area contributed by atoms with Gasteiger partial charge in [-0.1, -0.05) is 22.0 Å². The number of likely N-dealkylation sites (N-methyl/N-ethyl adjacent to an activating group) is 2. The van der Waals surface area contributed by atoms with Crippen molar-refractivity contribution in [2.24, 2.45) is 0 Å². The zero-order valence-electron chi connectivity index (χ0n) is 8.55. The Morgan fingerprint density at radius 2 is 2.36 bits per heavy atom. The lowest BCUT2D eigenvalue weighted by Gasteiger charge is -2.11. The molecule has 3 heteroatoms. The standard InChI is InChI=1S/C11H15BrN2/c1-13-6-8-7-14(2)10-5-3-4-9(12)11(8)10/h3-5,8,13H,6-7H2,1-2H3. The van der Waals surface area contributed by atoms with E-state index in [1.165, 1.54) is 15.7 Å². The van der Waals surface area contributed by atoms with Gasteiger partial charge in [0, 0.05) is 36.2 Å². The number of rotatable bonds is 2. The monoisotopic (exact) mass is 254 g/mol. The van der Waals surface area contributed by atoms with Crippen LogP contribution in [0.2, 0.25) is 0 Å². The van der Waals surface area contributed by atoms with Gasteiger partial charge in [-0.15, -0.1) is 0 Å². The quantitative estimate of drug-likeness (QED) is 0.871. The number of hydrogen-bond acceptors (Lipinski definition) is 2. The van der Waals surface area contributed by atoms with Crippen LogP contribution in [0.25, 0.3) is 0 Å². The highest BCUT2D eigenvalue weighted by Crippen LogP contribution is 2.39. The Morgan fingerprint density at radius 1 is 1.57 bits per heavy atom. The second-order valence-electron chi connectivity index (χ2n) is 3.81. The summed E-state index contributed by atoms with van der Waals surface area (Å²) in [5.41, 5.74) is 2.81. The fourth-order valence-corrected chi connectivity index (χ4v) is 2.88. The maximum atomic E-state index is 3.63. The van der Waals surface area contributed by atoms with Crippen molar-refractivity contribution in [1.82, 2.24) is 5.32 Å². The number of halogens is 1. The van der Waals surface area contributed by atoms with Crippen LogP contribution in [0.5, 0.6) is 0 Å². The van der Waals surface area contributed by atoms with Gasteiger partial charge in [-0.3, -0.25) is 0 Å². The maximum absolute atomic E-state index is 3.63. The molecule has 0 bridgehead atoms. The van der Waals surface area contributed by atoms with Gasteiger partial charge in [0.2, 0.25) is 0 Å². The van der Waals surface area contributed by atoms with Crippen LogP contribution < -0.4 is 10.2 Å². The van der Waals surface area contributed by atoms with Crippen LogP contribution >= 0.6 is 15.9 Å². The summed E-state index contributed by atoms with van der Waals surface area (Å²) in [6.07, 6.45) is 0. The van der Waals surface area contributed by atoms with E-state index in [4.69, 9.17) is 0 Å². The van der Waals surface area contributed by atoms with E-state index < -0.39 is 0 Å². The summed E-state index contributed by atoms with van der Waals surface area (Å²) in [5, 5.41) is 3.25. The molecule has 0 saturated carbocycles. The predicted octanol–water partition coefficient (Wildman–Crippen LogP) is 2.20. The summed E-state index contributed by atoms with van der Waals surface area (Å²) < 4.78 is 1.24. The van der Waals surface area contributed by atoms with Crippen molar-refractivity contribution < 1.29 is 0 Å². The van der Waals surface area contributed by atoms with E-state index in [9.17, 15) is 0 Å². The fourth-order valence-electron chi connectivity index (χ4n) is 2.20. The molecule has 0 aromatic heterocycles. The predicted molar refractivity (Wildman–Crippen MR) is 64.1 cm³/mol. The Hall–Kier alpha value is -0.540. The minimum absolute atomic E-state index is 0.607. The van der Waals surface area contributed by atoms with Gasteiger partial charge in [-0.25, -0.2) is 0 Å². The van der Waals surface area contributed by atoms with E-state index >= 15 is 0 Å². The zero-order chi connectivity index (χ0) is 10.1. The first-order chi connectivity index (χ1) is 6.74. The first kappa shape index (κ1) is 9.99. The Kier molecular flexibility index (Phi) is 2.79. The Bertz CT molecular complexity index is 338. The van der Waals surface area contributed by atoms with Crippen LogP contribution in [0.4, 0.5) is 5.69 Å². The normalized spacial score (nSPS) is 19.9. The molecular formula is C11H15BrN2. The first-order valence-electron chi connectivity index (χ1n) is 4.88. The van der Waals surface area contributed by atoms with Crippen LogP contribution in [0.15, 0.2) is 22.7 Å². The van der Waals surface area contributed by atoms with Crippen molar-refractivity contribution in [3.63, 3.8) is 0 Å². The van der Waals surface area contributed by atoms with E-state index in [0.29, 0.717) is 5.92 Å². The number of fused-ring (bicyclic) bond motifs is 1. The molecule has 1 N–H and O–H groups in total. The van der Waals surface area contributed by atoms with Gasteiger partial charge in [-0.2, -0.15) is 0 Å². The molecule has 0 radical (unpaired) electrons. The SMILES string of the molecule is CNCC1CN(C)c2cccc(Br)c21. The lowest BCUT2D eigenvalue weighted by Crippen LogP contribution is -2.22. The molecule has 1 aromatic rings. The van der Waals surface area contributed by atoms with Gasteiger partial charge in [0.05, 0.1) is 0 Å². The molecule has 0 fully saturated rings. The zero-order valence-corrected chi connectivity index (χ0v) is 10.1. The van der Waals surface area contributed by atoms with Crippen molar-refractivity contribution in [2.45, 2.75) is 5.92 Å². The molecule has 1 aromatic carbocycles. The van der Waals surface area contributed by atoms with Crippen LogP contribution in [-0.2, 0) is 0 Å². The molecule has 0 saturated heterocycles. The molecule has 76 valence electrons. The Balaban J connectivity index is 2.40. The van der Waals surface area contributed by atoms with Gasteiger partial charge < -0.3 is 10.2 Å². The van der Waals surface area contributed by atoms with Gasteiger partial charge in [-0.05, 0) is 24.7 Å². The molecule has 1 aliphatic heterocycles. The van der Waals surface area contributed by atoms with Gasteiger partial charge >= 0.3 is 0 Å². The van der Waals surface area contributed by atoms with Crippen LogP contribution in [0, 0.1) is 0 Å². The molecule has 1 atom stereocenters. The van der Waals surface area contributed by atoms with E-state index in [2.05, 4.69) is 51.4 Å². The van der Waals surface area contributed by atoms with E-state index in [1.54, 1.807) is 0 Å². The largest absolute Gasteiger partial charge is 0.374 e. The van der Waals surface area contributed by atoms with Crippen LogP contribution in [-0.4, -0.2) is 27.2 Å². The topological polar surface area (TPSA) is 15.3 Å². The second-order valence-corrected chi connectivity index (χ2v) is 4.66. The Labute approximate surface area is 93.4 Å². The summed E-state index contributed by atoms with van der Waals surface area (Å²) >= 11 is 3.63. The molecule has 1 unspecified atom stereocenters. The smallest absolute Gasteiger partial charge is 0.0411 e. The lowest BCUT2D eigenvalue weighted by atomic mass is 10.0. The summed E-state index contributed by atoms with van der Waals surface area (Å²) in [5.74, 6) is 0.607. The van der Waals surface area contributed by atoms with Gasteiger partial charge in [0.15, 0.2) is 0 Å². The minimum atomic E-state index is 0.607. The molecule has 2 nitrogen and oxygen atoms in total. The van der Waals surface area contributed by atoms with Crippen LogP contribution in [0.1, 0.15) is 11.5 Å². The first-order valence-corrected chi connectivity index (χ1v) is 5.67. The van der Waals surface area contributed by atoms with E-state index in [1.807, 2.05) is 7.05 Å². The van der Waals surface area contributed by atoms with Crippen molar-refractivity contribution in [1.29, 1.82) is 0 Å². The Morgan fingerprint density at radius 3 is 3.07 bits per heavy atom. The highest BCUT2D eigenvalue weighted by molar-refractivity contribution is 9.10. The third kappa shape index (κ3) is 1.55. The molecule has 0 aliphatic carbocycles. The fraction of sp³-hybridized carbons (Fsp3) is 0.455. The molecular weight excluding hydrogens is 240 g/mol. The van der Waals surface area contributed by atoms with Gasteiger partial charge in [0.1, 0.15) is 0 Å². The highest BCUT2D eigenvalue weighted by Gasteiger charge is 2.27. The summed E-state index contributed by atoms with van der Waals surface area (Å²) in [6.45, 7) is 2.15. The number of nitrogens with zero attached hydrogens (tertiary/aromatic N) is 1. The molecule has 0 amide bonds. The van der Waals surface area contributed by atoms with Crippen molar-refractivity contribution >= 4 is 21.6 Å². The molecule has 1 heterocycles. The van der Waals surface area contributed by atoms with Crippen molar-refractivity contribution in [3.8, 4) is 0 Å². The van der Waals surface area contributed by atoms with E-state index in [-0.39, 0.29) is 0 Å². The summed E-state index contributed by atoms with van der Waals surface area (Å²) in [6, 6.07) is 6.41. The van der Waals surface area contributed by atoms with Crippen molar-refractivity contribution in [2.75, 3.05) is 32.1 Å². The molecule has 2 rings (SSSR count). The number of anilines is 1. The van der Waals surface area contributed by atoms with Gasteiger partial charge in [0.25, 0.3) is 0 Å². The third-order valence-corrected chi connectivity index (χ3v) is 3.49. The number of benzene rings is 1. The number of hydrogen-bond donors (Lipinski definition) is 1. The third-order valence-electron chi connectivity index (χ3n) is 2.79.